The molecule has 1 aromatic rings. The van der Waals surface area contributed by atoms with Gasteiger partial charge >= 0.3 is 5.97 Å². The van der Waals surface area contributed by atoms with E-state index in [2.05, 4.69) is 5.32 Å². The topological polar surface area (TPSA) is 95.9 Å². The van der Waals surface area contributed by atoms with Crippen LogP contribution in [0.1, 0.15) is 0 Å². The third-order valence-electron chi connectivity index (χ3n) is 2.00. The first-order valence-electron chi connectivity index (χ1n) is 5.04. The summed E-state index contributed by atoms with van der Waals surface area (Å²) in [4.78, 5) is 21.8. The predicted octanol–water partition coefficient (Wildman–Crippen LogP) is -0.234. The molecule has 0 bridgehead atoms. The van der Waals surface area contributed by atoms with Gasteiger partial charge in [-0.05, 0) is 24.3 Å². The molecule has 0 fully saturated rings. The van der Waals surface area contributed by atoms with E-state index in [0.29, 0.717) is 0 Å². The Bertz CT molecular complexity index is 420. The van der Waals surface area contributed by atoms with Crippen LogP contribution in [-0.4, -0.2) is 41.3 Å². The quantitative estimate of drug-likeness (QED) is 0.654. The van der Waals surface area contributed by atoms with E-state index in [1.54, 1.807) is 0 Å². The van der Waals surface area contributed by atoms with Crippen LogP contribution in [0.2, 0.25) is 0 Å². The fraction of sp³-hybridized carbons (Fsp3) is 0.273. The zero-order valence-corrected chi connectivity index (χ0v) is 9.30. The Hall–Kier alpha value is -2.15. The highest BCUT2D eigenvalue weighted by atomic mass is 19.1. The molecule has 0 aliphatic heterocycles. The highest BCUT2D eigenvalue weighted by Gasteiger charge is 2.18. The van der Waals surface area contributed by atoms with Gasteiger partial charge in [-0.2, -0.15) is 0 Å². The second-order valence-corrected chi connectivity index (χ2v) is 3.38. The molecule has 0 aliphatic rings. The highest BCUT2D eigenvalue weighted by molar-refractivity contribution is 5.84. The second-order valence-electron chi connectivity index (χ2n) is 3.38. The first-order chi connectivity index (χ1) is 8.52. The van der Waals surface area contributed by atoms with Crippen LogP contribution in [0.15, 0.2) is 24.3 Å². The maximum atomic E-state index is 12.6. The van der Waals surface area contributed by atoms with E-state index in [4.69, 9.17) is 14.9 Å². The third-order valence-corrected chi connectivity index (χ3v) is 2.00. The van der Waals surface area contributed by atoms with Crippen molar-refractivity contribution in [2.45, 2.75) is 6.04 Å². The fourth-order valence-corrected chi connectivity index (χ4v) is 1.10. The number of hydrogen-bond donors (Lipinski definition) is 3. The van der Waals surface area contributed by atoms with E-state index in [-0.39, 0.29) is 5.75 Å². The smallest absolute Gasteiger partial charge is 0.328 e. The number of aliphatic carboxylic acids is 1. The summed E-state index contributed by atoms with van der Waals surface area (Å²) in [6.45, 7) is -1.13. The molecular weight excluding hydrogens is 245 g/mol. The summed E-state index contributed by atoms with van der Waals surface area (Å²) < 4.78 is 17.6. The van der Waals surface area contributed by atoms with Crippen molar-refractivity contribution in [1.29, 1.82) is 0 Å². The van der Waals surface area contributed by atoms with E-state index < -0.39 is 36.9 Å². The van der Waals surface area contributed by atoms with Crippen molar-refractivity contribution in [2.75, 3.05) is 13.2 Å². The summed E-state index contributed by atoms with van der Waals surface area (Å²) >= 11 is 0. The van der Waals surface area contributed by atoms with Crippen molar-refractivity contribution in [3.05, 3.63) is 30.1 Å². The minimum atomic E-state index is -1.37. The van der Waals surface area contributed by atoms with Gasteiger partial charge in [-0.25, -0.2) is 9.18 Å². The van der Waals surface area contributed by atoms with Crippen LogP contribution in [-0.2, 0) is 9.59 Å². The van der Waals surface area contributed by atoms with Gasteiger partial charge in [0.25, 0.3) is 5.91 Å². The van der Waals surface area contributed by atoms with E-state index in [1.165, 1.54) is 24.3 Å². The normalized spacial score (nSPS) is 11.7. The molecule has 1 rings (SSSR count). The lowest BCUT2D eigenvalue weighted by Crippen LogP contribution is -2.45. The van der Waals surface area contributed by atoms with E-state index in [1.807, 2.05) is 0 Å². The van der Waals surface area contributed by atoms with Gasteiger partial charge in [0.1, 0.15) is 17.6 Å². The zero-order chi connectivity index (χ0) is 13.5. The molecule has 18 heavy (non-hydrogen) atoms. The van der Waals surface area contributed by atoms with Crippen LogP contribution >= 0.6 is 0 Å². The molecule has 0 heterocycles. The molecule has 7 heteroatoms. The number of carboxylic acids is 1. The molecule has 3 N–H and O–H groups in total. The van der Waals surface area contributed by atoms with Gasteiger partial charge in [-0.1, -0.05) is 0 Å². The maximum absolute atomic E-state index is 12.6. The number of aliphatic hydroxyl groups is 1. The summed E-state index contributed by atoms with van der Waals surface area (Å²) in [5.41, 5.74) is 0. The molecule has 1 aromatic carbocycles. The van der Waals surface area contributed by atoms with Crippen LogP contribution in [0.3, 0.4) is 0 Å². The fourth-order valence-electron chi connectivity index (χ4n) is 1.10. The summed E-state index contributed by atoms with van der Waals surface area (Å²) in [5, 5.41) is 19.3. The molecule has 0 unspecified atom stereocenters. The number of amides is 1. The summed E-state index contributed by atoms with van der Waals surface area (Å²) in [7, 11) is 0. The predicted molar refractivity (Wildman–Crippen MR) is 58.5 cm³/mol. The van der Waals surface area contributed by atoms with Crippen molar-refractivity contribution >= 4 is 11.9 Å². The molecule has 0 saturated heterocycles. The van der Waals surface area contributed by atoms with Gasteiger partial charge < -0.3 is 20.3 Å². The van der Waals surface area contributed by atoms with Gasteiger partial charge in [-0.15, -0.1) is 0 Å². The van der Waals surface area contributed by atoms with Crippen molar-refractivity contribution in [3.8, 4) is 5.75 Å². The van der Waals surface area contributed by atoms with Gasteiger partial charge in [0, 0.05) is 0 Å². The molecule has 0 aromatic heterocycles. The summed E-state index contributed by atoms with van der Waals surface area (Å²) in [5.74, 6) is -2.19. The summed E-state index contributed by atoms with van der Waals surface area (Å²) in [6.07, 6.45) is 0. The number of aliphatic hydroxyl groups excluding tert-OH is 1. The van der Waals surface area contributed by atoms with E-state index in [9.17, 15) is 14.0 Å². The van der Waals surface area contributed by atoms with Crippen molar-refractivity contribution < 1.29 is 28.9 Å². The van der Waals surface area contributed by atoms with Crippen LogP contribution in [0.25, 0.3) is 0 Å². The van der Waals surface area contributed by atoms with Gasteiger partial charge in [0.05, 0.1) is 6.61 Å². The van der Waals surface area contributed by atoms with E-state index >= 15 is 0 Å². The Labute approximate surface area is 102 Å². The van der Waals surface area contributed by atoms with Crippen molar-refractivity contribution in [1.82, 2.24) is 5.32 Å². The largest absolute Gasteiger partial charge is 0.484 e. The Morgan fingerprint density at radius 3 is 2.44 bits per heavy atom. The van der Waals surface area contributed by atoms with Crippen molar-refractivity contribution in [3.63, 3.8) is 0 Å². The number of halogens is 1. The molecule has 0 spiro atoms. The number of hydrogen-bond acceptors (Lipinski definition) is 4. The molecule has 6 nitrogen and oxygen atoms in total. The first-order valence-corrected chi connectivity index (χ1v) is 5.04. The van der Waals surface area contributed by atoms with Crippen LogP contribution in [0, 0.1) is 5.82 Å². The van der Waals surface area contributed by atoms with Gasteiger partial charge in [0.2, 0.25) is 0 Å². The standard InChI is InChI=1S/C11H12FNO5/c12-7-1-3-8(4-2-7)18-6-10(15)13-9(5-14)11(16)17/h1-4,9,14H,5-6H2,(H,13,15)(H,16,17)/t9-/m1/s1. The Kier molecular flexibility index (Phi) is 5.06. The number of carbonyl (C=O) groups excluding carboxylic acids is 1. The Morgan fingerprint density at radius 1 is 1.33 bits per heavy atom. The Balaban J connectivity index is 2.41. The molecule has 1 atom stereocenters. The maximum Gasteiger partial charge on any atom is 0.328 e. The molecule has 98 valence electrons. The number of nitrogens with one attached hydrogen (secondary N) is 1. The van der Waals surface area contributed by atoms with Gasteiger partial charge in [0.15, 0.2) is 6.61 Å². The lowest BCUT2D eigenvalue weighted by Gasteiger charge is -2.12. The van der Waals surface area contributed by atoms with Crippen LogP contribution in [0.4, 0.5) is 4.39 Å². The van der Waals surface area contributed by atoms with Crippen molar-refractivity contribution in [2.24, 2.45) is 0 Å². The SMILES string of the molecule is O=C(COc1ccc(F)cc1)N[C@H](CO)C(=O)O. The zero-order valence-electron chi connectivity index (χ0n) is 9.30. The average Bonchev–Trinajstić information content (AvgIpc) is 2.35. The lowest BCUT2D eigenvalue weighted by molar-refractivity contribution is -0.143. The van der Waals surface area contributed by atoms with Crippen LogP contribution < -0.4 is 10.1 Å². The number of carboxylic acid groups (broad SMARTS) is 1. The lowest BCUT2D eigenvalue weighted by atomic mass is 10.3. The molecule has 1 amide bonds. The van der Waals surface area contributed by atoms with E-state index in [0.717, 1.165) is 0 Å². The van der Waals surface area contributed by atoms with Gasteiger partial charge in [-0.3, -0.25) is 4.79 Å². The van der Waals surface area contributed by atoms with Crippen LogP contribution in [0.5, 0.6) is 5.75 Å². The third kappa shape index (κ3) is 4.38. The second kappa shape index (κ2) is 6.55. The molecular formula is C11H12FNO5. The number of ether oxygens (including phenoxy) is 1. The molecule has 0 aliphatic carbocycles. The Morgan fingerprint density at radius 2 is 1.94 bits per heavy atom. The minimum Gasteiger partial charge on any atom is -0.484 e. The monoisotopic (exact) mass is 257 g/mol. The number of benzene rings is 1. The minimum absolute atomic E-state index is 0.280. The first kappa shape index (κ1) is 13.9. The molecule has 0 radical (unpaired) electrons. The molecule has 0 saturated carbocycles. The number of carbonyl (C=O) groups is 2. The summed E-state index contributed by atoms with van der Waals surface area (Å²) in [6, 6.07) is 3.64. The average molecular weight is 257 g/mol. The number of rotatable bonds is 6. The highest BCUT2D eigenvalue weighted by Crippen LogP contribution is 2.10.